The van der Waals surface area contributed by atoms with Crippen LogP contribution in [0, 0.1) is 23.5 Å². The number of hydrogen-bond acceptors (Lipinski definition) is 3. The zero-order valence-electron chi connectivity index (χ0n) is 16.4. The third-order valence-corrected chi connectivity index (χ3v) is 9.28. The van der Waals surface area contributed by atoms with Crippen LogP contribution in [0.2, 0.25) is 6.04 Å². The number of halogens is 2. The summed E-state index contributed by atoms with van der Waals surface area (Å²) in [5.74, 6) is -0.683. The van der Waals surface area contributed by atoms with Crippen molar-refractivity contribution in [3.8, 4) is 5.75 Å². The minimum absolute atomic E-state index is 0.0658. The molecule has 0 unspecified atom stereocenters. The van der Waals surface area contributed by atoms with E-state index in [1.54, 1.807) is 27.2 Å². The molecular formula is C20H32F2O3Si. The van der Waals surface area contributed by atoms with Crippen molar-refractivity contribution in [3.63, 3.8) is 0 Å². The molecular weight excluding hydrogens is 354 g/mol. The van der Waals surface area contributed by atoms with Gasteiger partial charge in [0.25, 0.3) is 0 Å². The van der Waals surface area contributed by atoms with Crippen LogP contribution in [0.3, 0.4) is 0 Å². The van der Waals surface area contributed by atoms with Gasteiger partial charge in [-0.25, -0.2) is 4.39 Å². The number of benzene rings is 1. The minimum atomic E-state index is -3.04. The Hall–Kier alpha value is -0.983. The highest BCUT2D eigenvalue weighted by Crippen LogP contribution is 2.36. The molecule has 1 saturated carbocycles. The van der Waals surface area contributed by atoms with Crippen molar-refractivity contribution in [1.29, 1.82) is 0 Å². The van der Waals surface area contributed by atoms with Gasteiger partial charge < -0.3 is 13.6 Å². The molecule has 26 heavy (non-hydrogen) atoms. The molecule has 1 aromatic rings. The van der Waals surface area contributed by atoms with Crippen molar-refractivity contribution in [2.75, 3.05) is 20.8 Å². The van der Waals surface area contributed by atoms with Gasteiger partial charge in [-0.05, 0) is 30.9 Å². The SMILES string of the molecule is CCCC1CCC(C[Si](OC)(OC)c2ccc(OCC)c(F)c2F)CC1. The maximum atomic E-state index is 14.8. The second kappa shape index (κ2) is 9.81. The van der Waals surface area contributed by atoms with Gasteiger partial charge in [-0.2, -0.15) is 4.39 Å². The first-order chi connectivity index (χ1) is 12.5. The Balaban J connectivity index is 2.21. The van der Waals surface area contributed by atoms with Gasteiger partial charge in [0.05, 0.1) is 6.61 Å². The maximum absolute atomic E-state index is 14.8. The topological polar surface area (TPSA) is 27.7 Å². The van der Waals surface area contributed by atoms with Crippen molar-refractivity contribution in [2.45, 2.75) is 58.4 Å². The predicted molar refractivity (Wildman–Crippen MR) is 102 cm³/mol. The van der Waals surface area contributed by atoms with E-state index in [2.05, 4.69) is 6.92 Å². The summed E-state index contributed by atoms with van der Waals surface area (Å²) in [7, 11) is 0.0559. The molecule has 0 saturated heterocycles. The van der Waals surface area contributed by atoms with Crippen LogP contribution >= 0.6 is 0 Å². The molecule has 1 fully saturated rings. The smallest absolute Gasteiger partial charge is 0.375 e. The van der Waals surface area contributed by atoms with Crippen molar-refractivity contribution < 1.29 is 22.4 Å². The Morgan fingerprint density at radius 2 is 1.58 bits per heavy atom. The van der Waals surface area contributed by atoms with Crippen LogP contribution in [0.15, 0.2) is 12.1 Å². The van der Waals surface area contributed by atoms with Crippen LogP contribution in [0.25, 0.3) is 0 Å². The lowest BCUT2D eigenvalue weighted by Crippen LogP contribution is -2.55. The van der Waals surface area contributed by atoms with E-state index < -0.39 is 20.2 Å². The minimum Gasteiger partial charge on any atom is -0.491 e. The normalized spacial score (nSPS) is 21.0. The average Bonchev–Trinajstić information content (AvgIpc) is 2.66. The second-order valence-electron chi connectivity index (χ2n) is 7.21. The summed E-state index contributed by atoms with van der Waals surface area (Å²) in [5, 5.41) is 0.235. The molecule has 0 aliphatic heterocycles. The zero-order valence-corrected chi connectivity index (χ0v) is 17.4. The van der Waals surface area contributed by atoms with Gasteiger partial charge in [-0.15, -0.1) is 0 Å². The van der Waals surface area contributed by atoms with Gasteiger partial charge in [0.2, 0.25) is 5.82 Å². The molecule has 0 heterocycles. The molecule has 6 heteroatoms. The van der Waals surface area contributed by atoms with E-state index in [0.29, 0.717) is 12.0 Å². The summed E-state index contributed by atoms with van der Waals surface area (Å²) < 4.78 is 45.8. The first-order valence-corrected chi connectivity index (χ1v) is 11.7. The van der Waals surface area contributed by atoms with Crippen molar-refractivity contribution >= 4 is 13.7 Å². The number of rotatable bonds is 9. The molecule has 0 N–H and O–H groups in total. The second-order valence-corrected chi connectivity index (χ2v) is 10.5. The Bertz CT molecular complexity index is 570. The highest BCUT2D eigenvalue weighted by Gasteiger charge is 2.44. The molecule has 0 aromatic heterocycles. The van der Waals surface area contributed by atoms with Gasteiger partial charge in [-0.1, -0.05) is 51.5 Å². The fourth-order valence-corrected chi connectivity index (χ4v) is 7.29. The Labute approximate surface area is 157 Å². The largest absolute Gasteiger partial charge is 0.491 e. The quantitative estimate of drug-likeness (QED) is 0.564. The van der Waals surface area contributed by atoms with Crippen LogP contribution in [-0.2, 0) is 8.85 Å². The van der Waals surface area contributed by atoms with Crippen LogP contribution in [0.4, 0.5) is 8.78 Å². The number of hydrogen-bond donors (Lipinski definition) is 0. The maximum Gasteiger partial charge on any atom is 0.375 e. The molecule has 0 amide bonds. The molecule has 3 nitrogen and oxygen atoms in total. The molecule has 0 atom stereocenters. The molecule has 2 rings (SSSR count). The summed E-state index contributed by atoms with van der Waals surface area (Å²) in [6.45, 7) is 4.25. The molecule has 1 aliphatic rings. The van der Waals surface area contributed by atoms with Gasteiger partial charge in [0.1, 0.15) is 0 Å². The van der Waals surface area contributed by atoms with E-state index in [1.807, 2.05) is 0 Å². The Morgan fingerprint density at radius 1 is 0.962 bits per heavy atom. The van der Waals surface area contributed by atoms with Crippen molar-refractivity contribution in [2.24, 2.45) is 11.8 Å². The van der Waals surface area contributed by atoms with Crippen LogP contribution < -0.4 is 9.92 Å². The molecule has 0 radical (unpaired) electrons. The highest BCUT2D eigenvalue weighted by atomic mass is 28.4. The van der Waals surface area contributed by atoms with E-state index in [4.69, 9.17) is 13.6 Å². The van der Waals surface area contributed by atoms with E-state index in [9.17, 15) is 8.78 Å². The lowest BCUT2D eigenvalue weighted by atomic mass is 9.81. The van der Waals surface area contributed by atoms with Crippen LogP contribution in [0.5, 0.6) is 5.75 Å². The standard InChI is InChI=1S/C20H32F2O3Si/c1-5-7-15-8-10-16(11-9-15)14-26(23-3,24-4)18-13-12-17(25-6-2)19(21)20(18)22/h12-13,15-16H,5-11,14H2,1-4H3. The van der Waals surface area contributed by atoms with E-state index in [1.165, 1.54) is 31.7 Å². The first-order valence-electron chi connectivity index (χ1n) is 9.72. The fourth-order valence-electron chi connectivity index (χ4n) is 4.19. The summed E-state index contributed by atoms with van der Waals surface area (Å²) >= 11 is 0. The Kier molecular flexibility index (Phi) is 8.04. The van der Waals surface area contributed by atoms with Gasteiger partial charge in [0, 0.05) is 19.4 Å². The average molecular weight is 387 g/mol. The van der Waals surface area contributed by atoms with Crippen molar-refractivity contribution in [3.05, 3.63) is 23.8 Å². The molecule has 0 spiro atoms. The molecule has 0 bridgehead atoms. The third-order valence-electron chi connectivity index (χ3n) is 5.64. The van der Waals surface area contributed by atoms with Crippen LogP contribution in [-0.4, -0.2) is 29.4 Å². The number of ether oxygens (including phenoxy) is 1. The zero-order chi connectivity index (χ0) is 19.2. The highest BCUT2D eigenvalue weighted by molar-refractivity contribution is 6.81. The lowest BCUT2D eigenvalue weighted by Gasteiger charge is -2.35. The molecule has 148 valence electrons. The Morgan fingerprint density at radius 3 is 2.12 bits per heavy atom. The van der Waals surface area contributed by atoms with E-state index >= 15 is 0 Å². The lowest BCUT2D eigenvalue weighted by molar-refractivity contribution is 0.223. The summed E-state index contributed by atoms with van der Waals surface area (Å²) in [5.41, 5.74) is 0. The van der Waals surface area contributed by atoms with Crippen molar-refractivity contribution in [1.82, 2.24) is 0 Å². The fraction of sp³-hybridized carbons (Fsp3) is 0.700. The third kappa shape index (κ3) is 4.64. The summed E-state index contributed by atoms with van der Waals surface area (Å²) in [6.07, 6.45) is 7.12. The van der Waals surface area contributed by atoms with Gasteiger partial charge >= 0.3 is 8.56 Å². The van der Waals surface area contributed by atoms with Gasteiger partial charge in [-0.3, -0.25) is 0 Å². The van der Waals surface area contributed by atoms with E-state index in [-0.39, 0.29) is 17.5 Å². The molecule has 1 aliphatic carbocycles. The van der Waals surface area contributed by atoms with E-state index in [0.717, 1.165) is 18.8 Å². The predicted octanol–water partition coefficient (Wildman–Crippen LogP) is 4.91. The van der Waals surface area contributed by atoms with Gasteiger partial charge in [0.15, 0.2) is 11.6 Å². The molecule has 1 aromatic carbocycles. The first kappa shape index (κ1) is 21.3. The monoisotopic (exact) mass is 386 g/mol. The summed E-state index contributed by atoms with van der Waals surface area (Å²) in [4.78, 5) is 0. The summed E-state index contributed by atoms with van der Waals surface area (Å²) in [6, 6.07) is 3.71. The van der Waals surface area contributed by atoms with Crippen LogP contribution in [0.1, 0.15) is 52.4 Å².